The molecule has 0 saturated carbocycles. The quantitative estimate of drug-likeness (QED) is 0.728. The molecule has 0 spiro atoms. The van der Waals surface area contributed by atoms with Gasteiger partial charge >= 0.3 is 0 Å². The summed E-state index contributed by atoms with van der Waals surface area (Å²) >= 11 is 0. The lowest BCUT2D eigenvalue weighted by Gasteiger charge is -2.11. The van der Waals surface area contributed by atoms with Crippen molar-refractivity contribution >= 4 is 11.6 Å². The first kappa shape index (κ1) is 17.3. The molecule has 0 aliphatic rings. The summed E-state index contributed by atoms with van der Waals surface area (Å²) in [6, 6.07) is 12.3. The van der Waals surface area contributed by atoms with E-state index in [2.05, 4.69) is 10.3 Å². The van der Waals surface area contributed by atoms with Gasteiger partial charge < -0.3 is 23.9 Å². The molecule has 3 rings (SSSR count). The first-order valence-corrected chi connectivity index (χ1v) is 7.77. The molecule has 1 amide bonds. The summed E-state index contributed by atoms with van der Waals surface area (Å²) in [4.78, 5) is 16.7. The molecule has 134 valence electrons. The summed E-state index contributed by atoms with van der Waals surface area (Å²) in [6.07, 6.45) is 1.24. The molecule has 1 heterocycles. The number of nitrogens with one attached hydrogen (secondary N) is 1. The Morgan fingerprint density at radius 2 is 1.65 bits per heavy atom. The lowest BCUT2D eigenvalue weighted by Crippen LogP contribution is -2.14. The number of carbonyl (C=O) groups excluding carboxylic acids is 1. The largest absolute Gasteiger partial charge is 0.497 e. The third-order valence-electron chi connectivity index (χ3n) is 3.79. The zero-order valence-corrected chi connectivity index (χ0v) is 14.6. The van der Waals surface area contributed by atoms with E-state index in [9.17, 15) is 4.79 Å². The van der Waals surface area contributed by atoms with Crippen molar-refractivity contribution in [1.29, 1.82) is 0 Å². The summed E-state index contributed by atoms with van der Waals surface area (Å²) in [5.74, 6) is 1.78. The first-order chi connectivity index (χ1) is 12.7. The maximum Gasteiger partial charge on any atom is 0.278 e. The van der Waals surface area contributed by atoms with E-state index in [0.29, 0.717) is 28.7 Å². The molecule has 0 bridgehead atoms. The number of hydrogen-bond donors (Lipinski definition) is 1. The monoisotopic (exact) mass is 354 g/mol. The summed E-state index contributed by atoms with van der Waals surface area (Å²) in [5.41, 5.74) is 1.39. The van der Waals surface area contributed by atoms with Crippen LogP contribution >= 0.6 is 0 Å². The second-order valence-corrected chi connectivity index (χ2v) is 5.28. The van der Waals surface area contributed by atoms with E-state index in [0.717, 1.165) is 5.56 Å². The number of hydrogen-bond acceptors (Lipinski definition) is 6. The highest BCUT2D eigenvalue weighted by molar-refractivity contribution is 6.07. The highest BCUT2D eigenvalue weighted by atomic mass is 16.5. The smallest absolute Gasteiger partial charge is 0.278 e. The lowest BCUT2D eigenvalue weighted by molar-refractivity contribution is 0.102. The van der Waals surface area contributed by atoms with Crippen molar-refractivity contribution in [2.24, 2.45) is 0 Å². The standard InChI is InChI=1S/C19H18N2O5/c1-23-13-6-4-12(5-7-13)18-17(20-11-26-18)19(22)21-15-9-8-14(24-2)10-16(15)25-3/h4-11H,1-3H3,(H,21,22). The minimum Gasteiger partial charge on any atom is -0.497 e. The predicted octanol–water partition coefficient (Wildman–Crippen LogP) is 3.62. The molecule has 0 aliphatic carbocycles. The van der Waals surface area contributed by atoms with Gasteiger partial charge in [0.1, 0.15) is 17.2 Å². The van der Waals surface area contributed by atoms with Crippen LogP contribution in [0.5, 0.6) is 17.2 Å². The van der Waals surface area contributed by atoms with Crippen LogP contribution in [-0.2, 0) is 0 Å². The van der Waals surface area contributed by atoms with Crippen LogP contribution in [0.15, 0.2) is 53.3 Å². The molecule has 0 unspecified atom stereocenters. The Balaban J connectivity index is 1.86. The number of rotatable bonds is 6. The predicted molar refractivity (Wildman–Crippen MR) is 96.0 cm³/mol. The van der Waals surface area contributed by atoms with Gasteiger partial charge in [0, 0.05) is 11.6 Å². The van der Waals surface area contributed by atoms with E-state index in [4.69, 9.17) is 18.6 Å². The Morgan fingerprint density at radius 1 is 0.962 bits per heavy atom. The van der Waals surface area contributed by atoms with Crippen molar-refractivity contribution in [1.82, 2.24) is 4.98 Å². The van der Waals surface area contributed by atoms with Crippen LogP contribution in [0.25, 0.3) is 11.3 Å². The van der Waals surface area contributed by atoms with E-state index in [1.165, 1.54) is 13.5 Å². The Hall–Kier alpha value is -3.48. The normalized spacial score (nSPS) is 10.3. The number of anilines is 1. The Morgan fingerprint density at radius 3 is 2.31 bits per heavy atom. The average Bonchev–Trinajstić information content (AvgIpc) is 3.18. The molecule has 0 saturated heterocycles. The van der Waals surface area contributed by atoms with Crippen LogP contribution in [0.1, 0.15) is 10.5 Å². The molecule has 0 atom stereocenters. The second kappa shape index (κ2) is 7.60. The Labute approximate surface area is 150 Å². The summed E-state index contributed by atoms with van der Waals surface area (Å²) in [5, 5.41) is 2.78. The van der Waals surface area contributed by atoms with Gasteiger partial charge in [0.25, 0.3) is 5.91 Å². The fourth-order valence-corrected chi connectivity index (χ4v) is 2.44. The number of benzene rings is 2. The molecule has 0 aliphatic heterocycles. The van der Waals surface area contributed by atoms with Crippen molar-refractivity contribution in [2.45, 2.75) is 0 Å². The van der Waals surface area contributed by atoms with Crippen LogP contribution in [0.3, 0.4) is 0 Å². The molecular formula is C19H18N2O5. The molecule has 7 heteroatoms. The topological polar surface area (TPSA) is 82.8 Å². The number of methoxy groups -OCH3 is 3. The molecular weight excluding hydrogens is 336 g/mol. The highest BCUT2D eigenvalue weighted by Crippen LogP contribution is 2.31. The van der Waals surface area contributed by atoms with Gasteiger partial charge in [-0.15, -0.1) is 0 Å². The first-order valence-electron chi connectivity index (χ1n) is 7.77. The number of aromatic nitrogens is 1. The van der Waals surface area contributed by atoms with Crippen molar-refractivity contribution in [2.75, 3.05) is 26.6 Å². The highest BCUT2D eigenvalue weighted by Gasteiger charge is 2.20. The van der Waals surface area contributed by atoms with Gasteiger partial charge in [-0.3, -0.25) is 4.79 Å². The number of carbonyl (C=O) groups is 1. The van der Waals surface area contributed by atoms with E-state index in [-0.39, 0.29) is 5.69 Å². The average molecular weight is 354 g/mol. The van der Waals surface area contributed by atoms with Crippen LogP contribution in [0.2, 0.25) is 0 Å². The lowest BCUT2D eigenvalue weighted by atomic mass is 10.1. The summed E-state index contributed by atoms with van der Waals surface area (Å²) in [7, 11) is 4.66. The van der Waals surface area contributed by atoms with Gasteiger partial charge in [-0.25, -0.2) is 4.98 Å². The molecule has 0 radical (unpaired) electrons. The Bertz CT molecular complexity index is 903. The minimum absolute atomic E-state index is 0.174. The number of oxazole rings is 1. The zero-order chi connectivity index (χ0) is 18.5. The van der Waals surface area contributed by atoms with Gasteiger partial charge in [0.15, 0.2) is 17.8 Å². The third-order valence-corrected chi connectivity index (χ3v) is 3.79. The molecule has 2 aromatic carbocycles. The SMILES string of the molecule is COc1ccc(-c2ocnc2C(=O)Nc2ccc(OC)cc2OC)cc1. The van der Waals surface area contributed by atoms with Crippen molar-refractivity contribution < 1.29 is 23.4 Å². The van der Waals surface area contributed by atoms with Gasteiger partial charge in [-0.05, 0) is 36.4 Å². The fraction of sp³-hybridized carbons (Fsp3) is 0.158. The zero-order valence-electron chi connectivity index (χ0n) is 14.6. The Kier molecular flexibility index (Phi) is 5.07. The second-order valence-electron chi connectivity index (χ2n) is 5.28. The maximum atomic E-state index is 12.7. The molecule has 3 aromatic rings. The molecule has 7 nitrogen and oxygen atoms in total. The maximum absolute atomic E-state index is 12.7. The molecule has 1 aromatic heterocycles. The fourth-order valence-electron chi connectivity index (χ4n) is 2.44. The number of ether oxygens (including phenoxy) is 3. The van der Waals surface area contributed by atoms with Crippen molar-refractivity contribution in [3.05, 3.63) is 54.6 Å². The molecule has 1 N–H and O–H groups in total. The van der Waals surface area contributed by atoms with Crippen LogP contribution < -0.4 is 19.5 Å². The molecule has 0 fully saturated rings. The van der Waals surface area contributed by atoms with Gasteiger partial charge in [-0.1, -0.05) is 0 Å². The van der Waals surface area contributed by atoms with Gasteiger partial charge in [-0.2, -0.15) is 0 Å². The van der Waals surface area contributed by atoms with Crippen LogP contribution in [0, 0.1) is 0 Å². The van der Waals surface area contributed by atoms with Crippen molar-refractivity contribution in [3.63, 3.8) is 0 Å². The van der Waals surface area contributed by atoms with Crippen LogP contribution in [-0.4, -0.2) is 32.2 Å². The summed E-state index contributed by atoms with van der Waals surface area (Å²) in [6.45, 7) is 0. The van der Waals surface area contributed by atoms with E-state index in [1.54, 1.807) is 56.7 Å². The van der Waals surface area contributed by atoms with E-state index < -0.39 is 5.91 Å². The summed E-state index contributed by atoms with van der Waals surface area (Å²) < 4.78 is 21.0. The molecule has 26 heavy (non-hydrogen) atoms. The number of nitrogens with zero attached hydrogens (tertiary/aromatic N) is 1. The minimum atomic E-state index is -0.409. The van der Waals surface area contributed by atoms with E-state index >= 15 is 0 Å². The third kappa shape index (κ3) is 3.46. The number of amides is 1. The van der Waals surface area contributed by atoms with Crippen molar-refractivity contribution in [3.8, 4) is 28.6 Å². The van der Waals surface area contributed by atoms with Gasteiger partial charge in [0.05, 0.1) is 27.0 Å². The van der Waals surface area contributed by atoms with Gasteiger partial charge in [0.2, 0.25) is 0 Å². The van der Waals surface area contributed by atoms with Crippen LogP contribution in [0.4, 0.5) is 5.69 Å². The van der Waals surface area contributed by atoms with E-state index in [1.807, 2.05) is 0 Å².